The number of amides is 1. The Hall–Kier alpha value is -1.62. The number of aromatic nitrogens is 1. The van der Waals surface area contributed by atoms with Gasteiger partial charge in [-0.2, -0.15) is 0 Å². The average molecular weight is 179 g/mol. The van der Waals surface area contributed by atoms with Crippen molar-refractivity contribution in [2.75, 3.05) is 0 Å². The van der Waals surface area contributed by atoms with Crippen molar-refractivity contribution in [3.63, 3.8) is 0 Å². The quantitative estimate of drug-likeness (QED) is 0.680. The minimum absolute atomic E-state index is 0.144. The van der Waals surface area contributed by atoms with Crippen molar-refractivity contribution in [1.82, 2.24) is 15.8 Å². The fraction of sp³-hybridized carbons (Fsp3) is 0.250. The summed E-state index contributed by atoms with van der Waals surface area (Å²) in [5.41, 5.74) is 3.67. The third-order valence-electron chi connectivity index (χ3n) is 1.78. The van der Waals surface area contributed by atoms with Gasteiger partial charge >= 0.3 is 6.09 Å². The Morgan fingerprint density at radius 2 is 2.23 bits per heavy atom. The molecule has 1 amide bonds. The molecule has 1 unspecified atom stereocenters. The second-order valence-electron chi connectivity index (χ2n) is 2.76. The van der Waals surface area contributed by atoms with E-state index in [4.69, 9.17) is 0 Å². The van der Waals surface area contributed by atoms with E-state index in [0.29, 0.717) is 6.42 Å². The Bertz CT molecular complexity index is 302. The third kappa shape index (κ3) is 1.94. The molecule has 0 aromatic carbocycles. The minimum Gasteiger partial charge on any atom is -0.352 e. The molecule has 68 valence electrons. The number of nitrogens with zero attached hydrogens (tertiary/aromatic N) is 1. The van der Waals surface area contributed by atoms with Gasteiger partial charge in [0.05, 0.1) is 0 Å². The van der Waals surface area contributed by atoms with Crippen LogP contribution in [0, 0.1) is 0 Å². The first-order chi connectivity index (χ1) is 6.34. The molecule has 0 bridgehead atoms. The lowest BCUT2D eigenvalue weighted by Crippen LogP contribution is -2.33. The Labute approximate surface area is 75.1 Å². The zero-order chi connectivity index (χ0) is 9.10. The van der Waals surface area contributed by atoms with Gasteiger partial charge < -0.3 is 10.2 Å². The third-order valence-corrected chi connectivity index (χ3v) is 1.78. The smallest absolute Gasteiger partial charge is 0.352 e. The van der Waals surface area contributed by atoms with Gasteiger partial charge in [0.25, 0.3) is 0 Å². The van der Waals surface area contributed by atoms with E-state index in [9.17, 15) is 4.79 Å². The number of rotatable bonds is 2. The van der Waals surface area contributed by atoms with Crippen LogP contribution in [0.1, 0.15) is 5.56 Å². The molecule has 1 fully saturated rings. The molecule has 1 aliphatic rings. The maximum Gasteiger partial charge on any atom is 0.427 e. The summed E-state index contributed by atoms with van der Waals surface area (Å²) in [5, 5.41) is 2.61. The summed E-state index contributed by atoms with van der Waals surface area (Å²) in [7, 11) is 0. The zero-order valence-electron chi connectivity index (χ0n) is 6.86. The summed E-state index contributed by atoms with van der Waals surface area (Å²) in [5.74, 6) is 0. The van der Waals surface area contributed by atoms with Gasteiger partial charge in [-0.3, -0.25) is 4.98 Å². The fourth-order valence-electron chi connectivity index (χ4n) is 1.17. The van der Waals surface area contributed by atoms with E-state index in [1.54, 1.807) is 12.4 Å². The average Bonchev–Trinajstić information content (AvgIpc) is 2.53. The van der Waals surface area contributed by atoms with Crippen LogP contribution in [0.15, 0.2) is 24.5 Å². The fourth-order valence-corrected chi connectivity index (χ4v) is 1.17. The molecule has 1 aromatic rings. The van der Waals surface area contributed by atoms with E-state index in [0.717, 1.165) is 5.56 Å². The van der Waals surface area contributed by atoms with Crippen LogP contribution in [0.2, 0.25) is 0 Å². The molecule has 1 saturated heterocycles. The van der Waals surface area contributed by atoms with Gasteiger partial charge in [0.1, 0.15) is 6.17 Å². The first-order valence-corrected chi connectivity index (χ1v) is 3.96. The van der Waals surface area contributed by atoms with Crippen LogP contribution in [0.4, 0.5) is 4.79 Å². The number of hydrogen-bond acceptors (Lipinski definition) is 4. The van der Waals surface area contributed by atoms with Crippen molar-refractivity contribution in [2.45, 2.75) is 12.6 Å². The maximum absolute atomic E-state index is 10.6. The van der Waals surface area contributed by atoms with Crippen LogP contribution in [-0.2, 0) is 11.3 Å². The first kappa shape index (κ1) is 8.00. The molecule has 1 aromatic heterocycles. The Morgan fingerprint density at radius 3 is 2.85 bits per heavy atom. The molecule has 1 aliphatic heterocycles. The summed E-state index contributed by atoms with van der Waals surface area (Å²) >= 11 is 0. The van der Waals surface area contributed by atoms with E-state index in [2.05, 4.69) is 20.6 Å². The lowest BCUT2D eigenvalue weighted by atomic mass is 10.2. The molecule has 2 heterocycles. The molecule has 0 spiro atoms. The molecule has 2 N–H and O–H groups in total. The second-order valence-corrected chi connectivity index (χ2v) is 2.76. The van der Waals surface area contributed by atoms with Crippen molar-refractivity contribution in [3.05, 3.63) is 30.1 Å². The van der Waals surface area contributed by atoms with Crippen LogP contribution in [0.5, 0.6) is 0 Å². The van der Waals surface area contributed by atoms with Gasteiger partial charge in [0.2, 0.25) is 0 Å². The first-order valence-electron chi connectivity index (χ1n) is 3.96. The molecule has 0 aliphatic carbocycles. The van der Waals surface area contributed by atoms with Crippen molar-refractivity contribution in [2.24, 2.45) is 0 Å². The van der Waals surface area contributed by atoms with Crippen LogP contribution < -0.4 is 10.8 Å². The lowest BCUT2D eigenvalue weighted by molar-refractivity contribution is 0.121. The molecule has 1 atom stereocenters. The van der Waals surface area contributed by atoms with Gasteiger partial charge in [-0.25, -0.2) is 4.79 Å². The highest BCUT2D eigenvalue weighted by atomic mass is 16.7. The topological polar surface area (TPSA) is 63.2 Å². The predicted octanol–water partition coefficient (Wildman–Crippen LogP) is 0.195. The highest BCUT2D eigenvalue weighted by Crippen LogP contribution is 2.02. The highest BCUT2D eigenvalue weighted by molar-refractivity contribution is 5.68. The van der Waals surface area contributed by atoms with Gasteiger partial charge in [0.15, 0.2) is 0 Å². The SMILES string of the molecule is O=C1NC(Cc2ccncc2)NO1. The summed E-state index contributed by atoms with van der Waals surface area (Å²) < 4.78 is 0. The van der Waals surface area contributed by atoms with E-state index in [-0.39, 0.29) is 6.17 Å². The van der Waals surface area contributed by atoms with E-state index in [1.165, 1.54) is 0 Å². The zero-order valence-corrected chi connectivity index (χ0v) is 6.86. The van der Waals surface area contributed by atoms with Crippen molar-refractivity contribution in [1.29, 1.82) is 0 Å². The number of carbonyl (C=O) groups is 1. The normalized spacial score (nSPS) is 20.9. The standard InChI is InChI=1S/C8H9N3O2/c12-8-10-7(11-13-8)5-6-1-3-9-4-2-6/h1-4,7,11H,5H2,(H,10,12). The Balaban J connectivity index is 1.96. The van der Waals surface area contributed by atoms with Gasteiger partial charge in [-0.1, -0.05) is 0 Å². The van der Waals surface area contributed by atoms with Crippen molar-refractivity contribution in [3.8, 4) is 0 Å². The highest BCUT2D eigenvalue weighted by Gasteiger charge is 2.21. The number of hydroxylamine groups is 1. The van der Waals surface area contributed by atoms with Gasteiger partial charge in [0, 0.05) is 18.8 Å². The molecular weight excluding hydrogens is 170 g/mol. The van der Waals surface area contributed by atoms with E-state index in [1.807, 2.05) is 12.1 Å². The molecule has 13 heavy (non-hydrogen) atoms. The molecule has 5 nitrogen and oxygen atoms in total. The number of nitrogens with one attached hydrogen (secondary N) is 2. The number of hydrogen-bond donors (Lipinski definition) is 2. The molecule has 0 saturated carbocycles. The summed E-state index contributed by atoms with van der Waals surface area (Å²) in [6.45, 7) is 0. The van der Waals surface area contributed by atoms with Crippen molar-refractivity contribution >= 4 is 6.09 Å². The number of pyridine rings is 1. The summed E-state index contributed by atoms with van der Waals surface area (Å²) in [6, 6.07) is 3.79. The van der Waals surface area contributed by atoms with Crippen LogP contribution in [-0.4, -0.2) is 17.2 Å². The largest absolute Gasteiger partial charge is 0.427 e. The molecule has 2 rings (SSSR count). The van der Waals surface area contributed by atoms with E-state index >= 15 is 0 Å². The Kier molecular flexibility index (Phi) is 2.09. The summed E-state index contributed by atoms with van der Waals surface area (Å²) in [6.07, 6.45) is 3.54. The predicted molar refractivity (Wildman–Crippen MR) is 44.5 cm³/mol. The van der Waals surface area contributed by atoms with Gasteiger partial charge in [-0.15, -0.1) is 5.48 Å². The second kappa shape index (κ2) is 3.40. The monoisotopic (exact) mass is 179 g/mol. The number of carbonyl (C=O) groups excluding carboxylic acids is 1. The van der Waals surface area contributed by atoms with Crippen molar-refractivity contribution < 1.29 is 9.63 Å². The van der Waals surface area contributed by atoms with Crippen LogP contribution in [0.3, 0.4) is 0 Å². The molecule has 0 radical (unpaired) electrons. The maximum atomic E-state index is 10.6. The molecule has 5 heteroatoms. The minimum atomic E-state index is -0.431. The lowest BCUT2D eigenvalue weighted by Gasteiger charge is -2.06. The van der Waals surface area contributed by atoms with Crippen LogP contribution in [0.25, 0.3) is 0 Å². The van der Waals surface area contributed by atoms with Crippen LogP contribution >= 0.6 is 0 Å². The van der Waals surface area contributed by atoms with Gasteiger partial charge in [-0.05, 0) is 17.7 Å². The summed E-state index contributed by atoms with van der Waals surface area (Å²) in [4.78, 5) is 19.1. The Morgan fingerprint density at radius 1 is 1.46 bits per heavy atom. The van der Waals surface area contributed by atoms with E-state index < -0.39 is 6.09 Å². The molecular formula is C8H9N3O2.